The van der Waals surface area contributed by atoms with Gasteiger partial charge in [0.1, 0.15) is 0 Å². The van der Waals surface area contributed by atoms with E-state index in [9.17, 15) is 8.78 Å². The van der Waals surface area contributed by atoms with Gasteiger partial charge in [0.15, 0.2) is 11.6 Å². The Morgan fingerprint density at radius 1 is 1.00 bits per heavy atom. The van der Waals surface area contributed by atoms with Crippen molar-refractivity contribution >= 4 is 0 Å². The minimum absolute atomic E-state index is 0.270. The average Bonchev–Trinajstić information content (AvgIpc) is 2.43. The molecule has 0 spiro atoms. The van der Waals surface area contributed by atoms with Crippen LogP contribution in [0.15, 0.2) is 18.2 Å². The number of hydrogen-bond acceptors (Lipinski definition) is 3. The molecule has 5 heteroatoms. The van der Waals surface area contributed by atoms with Gasteiger partial charge in [-0.15, -0.1) is 0 Å². The molecular formula is C15H17F2N3. The standard InChI is InChI=1S/C15H17F2N3/c1-8-5-6-11(14(17)13(8)16)15(18-4)12-7-9(2)19-20-10(12)3/h5-7,15,18H,1-4H3. The second-order valence-electron chi connectivity index (χ2n) is 4.85. The number of benzene rings is 1. The van der Waals surface area contributed by atoms with Crippen LogP contribution in [0.2, 0.25) is 0 Å². The molecule has 2 aromatic rings. The summed E-state index contributed by atoms with van der Waals surface area (Å²) in [5.74, 6) is -1.63. The maximum Gasteiger partial charge on any atom is 0.164 e. The van der Waals surface area contributed by atoms with Crippen LogP contribution in [0.1, 0.15) is 34.1 Å². The van der Waals surface area contributed by atoms with Crippen LogP contribution in [0.3, 0.4) is 0 Å². The molecule has 0 saturated carbocycles. The number of halogens is 2. The fourth-order valence-corrected chi connectivity index (χ4v) is 2.22. The molecular weight excluding hydrogens is 260 g/mol. The fraction of sp³-hybridized carbons (Fsp3) is 0.333. The lowest BCUT2D eigenvalue weighted by atomic mass is 9.96. The smallest absolute Gasteiger partial charge is 0.164 e. The Hall–Kier alpha value is -1.88. The van der Waals surface area contributed by atoms with Gasteiger partial charge in [-0.3, -0.25) is 0 Å². The van der Waals surface area contributed by atoms with Gasteiger partial charge in [0.2, 0.25) is 0 Å². The van der Waals surface area contributed by atoms with Gasteiger partial charge >= 0.3 is 0 Å². The van der Waals surface area contributed by atoms with Crippen molar-refractivity contribution in [2.24, 2.45) is 0 Å². The third-order valence-electron chi connectivity index (χ3n) is 3.36. The van der Waals surface area contributed by atoms with Gasteiger partial charge in [-0.25, -0.2) is 8.78 Å². The third kappa shape index (κ3) is 2.54. The van der Waals surface area contributed by atoms with E-state index >= 15 is 0 Å². The van der Waals surface area contributed by atoms with Crippen molar-refractivity contribution in [2.75, 3.05) is 7.05 Å². The van der Waals surface area contributed by atoms with Crippen molar-refractivity contribution in [2.45, 2.75) is 26.8 Å². The Labute approximate surface area is 117 Å². The second-order valence-corrected chi connectivity index (χ2v) is 4.85. The van der Waals surface area contributed by atoms with Gasteiger partial charge in [-0.05, 0) is 45.0 Å². The van der Waals surface area contributed by atoms with Crippen molar-refractivity contribution in [3.8, 4) is 0 Å². The maximum atomic E-state index is 14.2. The first-order valence-corrected chi connectivity index (χ1v) is 6.38. The molecule has 20 heavy (non-hydrogen) atoms. The molecule has 1 atom stereocenters. The highest BCUT2D eigenvalue weighted by Gasteiger charge is 2.22. The topological polar surface area (TPSA) is 37.8 Å². The monoisotopic (exact) mass is 277 g/mol. The summed E-state index contributed by atoms with van der Waals surface area (Å²) >= 11 is 0. The second kappa shape index (κ2) is 5.63. The van der Waals surface area contributed by atoms with Crippen molar-refractivity contribution in [1.29, 1.82) is 0 Å². The lowest BCUT2D eigenvalue weighted by molar-refractivity contribution is 0.482. The molecule has 1 aromatic heterocycles. The van der Waals surface area contributed by atoms with E-state index in [1.807, 2.05) is 13.0 Å². The molecule has 3 nitrogen and oxygen atoms in total. The van der Waals surface area contributed by atoms with E-state index < -0.39 is 17.7 Å². The summed E-state index contributed by atoms with van der Waals surface area (Å²) in [4.78, 5) is 0. The first-order valence-electron chi connectivity index (χ1n) is 6.38. The zero-order chi connectivity index (χ0) is 14.9. The largest absolute Gasteiger partial charge is 0.309 e. The number of nitrogens with zero attached hydrogens (tertiary/aromatic N) is 2. The van der Waals surface area contributed by atoms with Crippen molar-refractivity contribution in [1.82, 2.24) is 15.5 Å². The van der Waals surface area contributed by atoms with E-state index in [4.69, 9.17) is 0 Å². The molecule has 106 valence electrons. The molecule has 0 radical (unpaired) electrons. The summed E-state index contributed by atoms with van der Waals surface area (Å²) in [7, 11) is 1.71. The highest BCUT2D eigenvalue weighted by Crippen LogP contribution is 2.28. The molecule has 1 aromatic carbocycles. The predicted octanol–water partition coefficient (Wildman–Crippen LogP) is 2.99. The number of aryl methyl sites for hydroxylation is 3. The maximum absolute atomic E-state index is 14.2. The van der Waals surface area contributed by atoms with Crippen LogP contribution < -0.4 is 5.32 Å². The molecule has 1 heterocycles. The molecule has 2 rings (SSSR count). The van der Waals surface area contributed by atoms with E-state index in [0.29, 0.717) is 11.3 Å². The lowest BCUT2D eigenvalue weighted by Crippen LogP contribution is -2.21. The Morgan fingerprint density at radius 3 is 2.35 bits per heavy atom. The summed E-state index contributed by atoms with van der Waals surface area (Å²) in [6, 6.07) is 4.55. The molecule has 0 amide bonds. The normalized spacial score (nSPS) is 12.5. The van der Waals surface area contributed by atoms with E-state index in [-0.39, 0.29) is 5.56 Å². The van der Waals surface area contributed by atoms with Gasteiger partial charge in [0.05, 0.1) is 17.4 Å². The first kappa shape index (κ1) is 14.5. The summed E-state index contributed by atoms with van der Waals surface area (Å²) in [5.41, 5.74) is 2.78. The zero-order valence-electron chi connectivity index (χ0n) is 12.0. The summed E-state index contributed by atoms with van der Waals surface area (Å²) < 4.78 is 27.9. The Morgan fingerprint density at radius 2 is 1.70 bits per heavy atom. The van der Waals surface area contributed by atoms with Crippen molar-refractivity contribution < 1.29 is 8.78 Å². The van der Waals surface area contributed by atoms with Crippen molar-refractivity contribution in [3.63, 3.8) is 0 Å². The Kier molecular flexibility index (Phi) is 4.09. The van der Waals surface area contributed by atoms with E-state index in [0.717, 1.165) is 11.3 Å². The SMILES string of the molecule is CNC(c1cc(C)nnc1C)c1ccc(C)c(F)c1F. The summed E-state index contributed by atoms with van der Waals surface area (Å²) in [6.45, 7) is 5.16. The third-order valence-corrected chi connectivity index (χ3v) is 3.36. The number of nitrogens with one attached hydrogen (secondary N) is 1. The minimum atomic E-state index is -0.821. The van der Waals surface area contributed by atoms with Crippen LogP contribution in [-0.2, 0) is 0 Å². The van der Waals surface area contributed by atoms with E-state index in [2.05, 4.69) is 15.5 Å². The summed E-state index contributed by atoms with van der Waals surface area (Å²) in [5, 5.41) is 11.0. The molecule has 1 unspecified atom stereocenters. The highest BCUT2D eigenvalue weighted by molar-refractivity contribution is 5.37. The summed E-state index contributed by atoms with van der Waals surface area (Å²) in [6.07, 6.45) is 0. The van der Waals surface area contributed by atoms with Crippen LogP contribution in [0.5, 0.6) is 0 Å². The Bertz CT molecular complexity index is 641. The minimum Gasteiger partial charge on any atom is -0.309 e. The highest BCUT2D eigenvalue weighted by atomic mass is 19.2. The first-order chi connectivity index (χ1) is 9.45. The van der Waals surface area contributed by atoms with Gasteiger partial charge in [0.25, 0.3) is 0 Å². The molecule has 1 N–H and O–H groups in total. The molecule has 0 bridgehead atoms. The molecule has 0 aliphatic rings. The van der Waals surface area contributed by atoms with Crippen LogP contribution in [0, 0.1) is 32.4 Å². The number of rotatable bonds is 3. The van der Waals surface area contributed by atoms with Gasteiger partial charge < -0.3 is 5.32 Å². The Balaban J connectivity index is 2.58. The lowest BCUT2D eigenvalue weighted by Gasteiger charge is -2.20. The number of hydrogen-bond donors (Lipinski definition) is 1. The van der Waals surface area contributed by atoms with Crippen LogP contribution in [-0.4, -0.2) is 17.2 Å². The van der Waals surface area contributed by atoms with Gasteiger partial charge in [-0.2, -0.15) is 10.2 Å². The predicted molar refractivity (Wildman–Crippen MR) is 73.5 cm³/mol. The zero-order valence-corrected chi connectivity index (χ0v) is 12.0. The van der Waals surface area contributed by atoms with E-state index in [1.54, 1.807) is 33.0 Å². The quantitative estimate of drug-likeness (QED) is 0.937. The van der Waals surface area contributed by atoms with Crippen molar-refractivity contribution in [3.05, 3.63) is 57.9 Å². The number of aromatic nitrogens is 2. The van der Waals surface area contributed by atoms with Crippen LogP contribution in [0.4, 0.5) is 8.78 Å². The van der Waals surface area contributed by atoms with E-state index in [1.165, 1.54) is 0 Å². The van der Waals surface area contributed by atoms with Gasteiger partial charge in [0, 0.05) is 5.56 Å². The fourth-order valence-electron chi connectivity index (χ4n) is 2.22. The molecule has 0 aliphatic carbocycles. The van der Waals surface area contributed by atoms with Crippen LogP contribution in [0.25, 0.3) is 0 Å². The van der Waals surface area contributed by atoms with Gasteiger partial charge in [-0.1, -0.05) is 12.1 Å². The molecule has 0 aliphatic heterocycles. The molecule has 0 fully saturated rings. The molecule has 0 saturated heterocycles. The van der Waals surface area contributed by atoms with Crippen LogP contribution >= 0.6 is 0 Å². The average molecular weight is 277 g/mol.